The zero-order chi connectivity index (χ0) is 15.7. The second kappa shape index (κ2) is 6.40. The quantitative estimate of drug-likeness (QED) is 0.913. The minimum Gasteiger partial charge on any atom is -0.388 e. The molecule has 0 saturated carbocycles. The molecule has 2 aromatic heterocycles. The second-order valence-electron chi connectivity index (χ2n) is 6.03. The Balaban J connectivity index is 1.66. The molecular formula is C15H22ClN5O. The van der Waals surface area contributed by atoms with Crippen molar-refractivity contribution in [1.29, 1.82) is 0 Å². The summed E-state index contributed by atoms with van der Waals surface area (Å²) in [6, 6.07) is 0.362. The van der Waals surface area contributed by atoms with Crippen LogP contribution in [-0.4, -0.2) is 42.2 Å². The van der Waals surface area contributed by atoms with Crippen molar-refractivity contribution in [3.8, 4) is 0 Å². The van der Waals surface area contributed by atoms with Crippen LogP contribution in [0.3, 0.4) is 0 Å². The van der Waals surface area contributed by atoms with E-state index in [1.54, 1.807) is 17.1 Å². The maximum Gasteiger partial charge on any atom is 0.0835 e. The van der Waals surface area contributed by atoms with Gasteiger partial charge in [-0.2, -0.15) is 10.2 Å². The van der Waals surface area contributed by atoms with Gasteiger partial charge in [0.1, 0.15) is 0 Å². The highest BCUT2D eigenvalue weighted by Gasteiger charge is 2.28. The van der Waals surface area contributed by atoms with Crippen LogP contribution in [0.25, 0.3) is 0 Å². The zero-order valence-electron chi connectivity index (χ0n) is 13.0. The normalized spacial score (nSPS) is 20.6. The lowest BCUT2D eigenvalue weighted by molar-refractivity contribution is 0.117. The van der Waals surface area contributed by atoms with Crippen LogP contribution in [0.2, 0.25) is 5.02 Å². The Labute approximate surface area is 135 Å². The number of aliphatic hydroxyl groups excluding tert-OH is 1. The summed E-state index contributed by atoms with van der Waals surface area (Å²) in [6.45, 7) is 1.81. The molecule has 1 saturated heterocycles. The van der Waals surface area contributed by atoms with Crippen LogP contribution in [0, 0.1) is 0 Å². The van der Waals surface area contributed by atoms with Gasteiger partial charge < -0.3 is 5.11 Å². The maximum absolute atomic E-state index is 10.4. The summed E-state index contributed by atoms with van der Waals surface area (Å²) in [5.74, 6) is 0. The lowest BCUT2D eigenvalue weighted by atomic mass is 10.0. The largest absolute Gasteiger partial charge is 0.388 e. The molecular weight excluding hydrogens is 302 g/mol. The van der Waals surface area contributed by atoms with Crippen LogP contribution in [0.5, 0.6) is 0 Å². The molecule has 22 heavy (non-hydrogen) atoms. The molecule has 2 atom stereocenters. The number of rotatable bonds is 5. The predicted molar refractivity (Wildman–Crippen MR) is 84.4 cm³/mol. The van der Waals surface area contributed by atoms with Gasteiger partial charge in [-0.25, -0.2) is 0 Å². The van der Waals surface area contributed by atoms with Crippen LogP contribution in [-0.2, 0) is 20.6 Å². The van der Waals surface area contributed by atoms with Crippen molar-refractivity contribution in [2.24, 2.45) is 14.1 Å². The van der Waals surface area contributed by atoms with E-state index in [9.17, 15) is 5.11 Å². The van der Waals surface area contributed by atoms with Crippen molar-refractivity contribution in [2.45, 2.75) is 38.0 Å². The Kier molecular flexibility index (Phi) is 4.52. The summed E-state index contributed by atoms with van der Waals surface area (Å²) in [4.78, 5) is 2.39. The minimum atomic E-state index is -0.471. The minimum absolute atomic E-state index is 0.362. The molecule has 3 heterocycles. The lowest BCUT2D eigenvalue weighted by Gasteiger charge is -2.26. The molecule has 0 bridgehead atoms. The number of nitrogens with zero attached hydrogens (tertiary/aromatic N) is 5. The molecule has 1 aliphatic rings. The summed E-state index contributed by atoms with van der Waals surface area (Å²) in [7, 11) is 3.78. The fourth-order valence-electron chi connectivity index (χ4n) is 3.18. The third-order valence-corrected chi connectivity index (χ3v) is 4.78. The molecule has 0 aliphatic carbocycles. The fraction of sp³-hybridized carbons (Fsp3) is 0.600. The van der Waals surface area contributed by atoms with Gasteiger partial charge in [-0.3, -0.25) is 14.3 Å². The van der Waals surface area contributed by atoms with E-state index in [0.29, 0.717) is 11.1 Å². The highest BCUT2D eigenvalue weighted by atomic mass is 35.5. The number of aryl methyl sites for hydroxylation is 2. The second-order valence-corrected chi connectivity index (χ2v) is 6.44. The molecule has 7 heteroatoms. The molecule has 0 unspecified atom stereocenters. The van der Waals surface area contributed by atoms with Crippen LogP contribution in [0.4, 0.5) is 0 Å². The van der Waals surface area contributed by atoms with Crippen LogP contribution < -0.4 is 0 Å². The number of hydrogen-bond donors (Lipinski definition) is 1. The Morgan fingerprint density at radius 2 is 2.18 bits per heavy atom. The summed E-state index contributed by atoms with van der Waals surface area (Å²) in [5.41, 5.74) is 1.91. The monoisotopic (exact) mass is 323 g/mol. The van der Waals surface area contributed by atoms with E-state index >= 15 is 0 Å². The maximum atomic E-state index is 10.4. The van der Waals surface area contributed by atoms with Crippen molar-refractivity contribution in [3.63, 3.8) is 0 Å². The van der Waals surface area contributed by atoms with Crippen LogP contribution in [0.15, 0.2) is 18.6 Å². The molecule has 0 spiro atoms. The van der Waals surface area contributed by atoms with Crippen molar-refractivity contribution in [3.05, 3.63) is 34.9 Å². The summed E-state index contributed by atoms with van der Waals surface area (Å²) >= 11 is 6.21. The molecule has 1 N–H and O–H groups in total. The average Bonchev–Trinajstić information content (AvgIpc) is 3.17. The van der Waals surface area contributed by atoms with Gasteiger partial charge in [0.25, 0.3) is 0 Å². The Hall–Kier alpha value is -1.37. The van der Waals surface area contributed by atoms with E-state index in [4.69, 9.17) is 11.6 Å². The Bertz CT molecular complexity index is 618. The molecule has 1 fully saturated rings. The van der Waals surface area contributed by atoms with Crippen molar-refractivity contribution in [1.82, 2.24) is 24.5 Å². The smallest absolute Gasteiger partial charge is 0.0835 e. The first-order chi connectivity index (χ1) is 10.5. The van der Waals surface area contributed by atoms with E-state index in [0.717, 1.165) is 43.6 Å². The highest BCUT2D eigenvalue weighted by Crippen LogP contribution is 2.29. The standard InChI is InChI=1S/C15H22ClN5O/c1-19-9-11(7-17-19)15(22)6-12-4-3-5-21(12)10-14-13(16)8-18-20(14)2/h7-9,12,15,22H,3-6,10H2,1-2H3/t12-,15-/m0/s1. The third-order valence-electron chi connectivity index (χ3n) is 4.47. The SMILES string of the molecule is Cn1cc([C@@H](O)C[C@@H]2CCCN2Cc2c(Cl)cnn2C)cn1. The Morgan fingerprint density at radius 3 is 2.82 bits per heavy atom. The molecule has 0 radical (unpaired) electrons. The van der Waals surface area contributed by atoms with Crippen molar-refractivity contribution in [2.75, 3.05) is 6.54 Å². The number of aromatic nitrogens is 4. The summed E-state index contributed by atoms with van der Waals surface area (Å²) in [6.07, 6.45) is 7.81. The molecule has 1 aliphatic heterocycles. The first-order valence-electron chi connectivity index (χ1n) is 7.61. The van der Waals surface area contributed by atoms with Crippen molar-refractivity contribution >= 4 is 11.6 Å². The van der Waals surface area contributed by atoms with Crippen LogP contribution >= 0.6 is 11.6 Å². The van der Waals surface area contributed by atoms with Gasteiger partial charge in [-0.15, -0.1) is 0 Å². The van der Waals surface area contributed by atoms with Crippen LogP contribution in [0.1, 0.15) is 36.6 Å². The van der Waals surface area contributed by atoms with Gasteiger partial charge in [-0.1, -0.05) is 11.6 Å². The van der Waals surface area contributed by atoms with Crippen molar-refractivity contribution < 1.29 is 5.11 Å². The molecule has 0 aromatic carbocycles. The average molecular weight is 324 g/mol. The zero-order valence-corrected chi connectivity index (χ0v) is 13.7. The van der Waals surface area contributed by atoms with E-state index in [1.807, 2.05) is 25.0 Å². The first kappa shape index (κ1) is 15.5. The van der Waals surface area contributed by atoms with Gasteiger partial charge in [0.2, 0.25) is 0 Å². The fourth-order valence-corrected chi connectivity index (χ4v) is 3.41. The number of halogens is 1. The first-order valence-corrected chi connectivity index (χ1v) is 7.99. The molecule has 3 rings (SSSR count). The van der Waals surface area contributed by atoms with E-state index in [2.05, 4.69) is 15.1 Å². The van der Waals surface area contributed by atoms with Gasteiger partial charge in [0.15, 0.2) is 0 Å². The highest BCUT2D eigenvalue weighted by molar-refractivity contribution is 6.31. The van der Waals surface area contributed by atoms with Gasteiger partial charge in [-0.05, 0) is 25.8 Å². The summed E-state index contributed by atoms with van der Waals surface area (Å²) in [5, 5.41) is 19.5. The van der Waals surface area contributed by atoms with E-state index < -0.39 is 6.10 Å². The topological polar surface area (TPSA) is 59.1 Å². The van der Waals surface area contributed by atoms with E-state index in [-0.39, 0.29) is 0 Å². The van der Waals surface area contributed by atoms with Gasteiger partial charge >= 0.3 is 0 Å². The molecule has 120 valence electrons. The lowest BCUT2D eigenvalue weighted by Crippen LogP contribution is -2.31. The number of likely N-dealkylation sites (tertiary alicyclic amines) is 1. The molecule has 0 amide bonds. The molecule has 2 aromatic rings. The van der Waals surface area contributed by atoms with Gasteiger partial charge in [0, 0.05) is 38.4 Å². The molecule has 6 nitrogen and oxygen atoms in total. The summed E-state index contributed by atoms with van der Waals surface area (Å²) < 4.78 is 3.55. The number of aliphatic hydroxyl groups is 1. The number of hydrogen-bond acceptors (Lipinski definition) is 4. The van der Waals surface area contributed by atoms with E-state index in [1.165, 1.54) is 0 Å². The third kappa shape index (κ3) is 3.19. The predicted octanol–water partition coefficient (Wildman–Crippen LogP) is 1.90. The Morgan fingerprint density at radius 1 is 1.36 bits per heavy atom. The van der Waals surface area contributed by atoms with Gasteiger partial charge in [0.05, 0.1) is 29.2 Å².